The van der Waals surface area contributed by atoms with Gasteiger partial charge in [-0.3, -0.25) is 4.79 Å². The van der Waals surface area contributed by atoms with Crippen molar-refractivity contribution in [3.8, 4) is 11.5 Å². The highest BCUT2D eigenvalue weighted by atomic mass is 35.5. The van der Waals surface area contributed by atoms with E-state index in [-0.39, 0.29) is 5.75 Å². The van der Waals surface area contributed by atoms with Crippen LogP contribution in [0.4, 0.5) is 0 Å². The SMILES string of the molecule is CCOC(=O)C(Cl)Cc1ccc(CCOc2ccc(OS(C)(=O)=O)cc2)cc1. The first-order valence-electron chi connectivity index (χ1n) is 8.77. The largest absolute Gasteiger partial charge is 0.493 e. The number of carbonyl (C=O) groups excluding carboxylic acids is 1. The van der Waals surface area contributed by atoms with Crippen molar-refractivity contribution >= 4 is 27.7 Å². The van der Waals surface area contributed by atoms with Gasteiger partial charge in [0.1, 0.15) is 16.9 Å². The topological polar surface area (TPSA) is 78.9 Å². The van der Waals surface area contributed by atoms with E-state index in [0.29, 0.717) is 31.8 Å². The van der Waals surface area contributed by atoms with Crippen LogP contribution in [0, 0.1) is 0 Å². The molecule has 0 aliphatic rings. The van der Waals surface area contributed by atoms with Crippen molar-refractivity contribution in [1.29, 1.82) is 0 Å². The van der Waals surface area contributed by atoms with Gasteiger partial charge in [0.25, 0.3) is 0 Å². The van der Waals surface area contributed by atoms with Crippen molar-refractivity contribution in [2.75, 3.05) is 19.5 Å². The Morgan fingerprint density at radius 3 is 2.14 bits per heavy atom. The number of ether oxygens (including phenoxy) is 2. The third kappa shape index (κ3) is 7.78. The molecule has 0 radical (unpaired) electrons. The third-order valence-corrected chi connectivity index (χ3v) is 4.54. The fourth-order valence-electron chi connectivity index (χ4n) is 2.42. The minimum atomic E-state index is -3.54. The molecule has 0 aromatic heterocycles. The molecule has 0 heterocycles. The minimum absolute atomic E-state index is 0.242. The smallest absolute Gasteiger partial charge is 0.324 e. The molecular weight excluding hydrogens is 404 g/mol. The van der Waals surface area contributed by atoms with Crippen LogP contribution in [0.15, 0.2) is 48.5 Å². The van der Waals surface area contributed by atoms with Gasteiger partial charge in [-0.05, 0) is 48.7 Å². The van der Waals surface area contributed by atoms with Crippen LogP contribution in [0.1, 0.15) is 18.1 Å². The first kappa shape index (κ1) is 22.0. The zero-order valence-corrected chi connectivity index (χ0v) is 17.3. The van der Waals surface area contributed by atoms with Crippen molar-refractivity contribution in [3.05, 3.63) is 59.7 Å². The first-order chi connectivity index (χ1) is 13.3. The van der Waals surface area contributed by atoms with Crippen LogP contribution in [0.3, 0.4) is 0 Å². The van der Waals surface area contributed by atoms with Gasteiger partial charge in [-0.1, -0.05) is 24.3 Å². The molecule has 0 bridgehead atoms. The number of hydrogen-bond donors (Lipinski definition) is 0. The maximum absolute atomic E-state index is 11.6. The zero-order valence-electron chi connectivity index (χ0n) is 15.8. The van der Waals surface area contributed by atoms with Crippen LogP contribution in [-0.2, 0) is 32.5 Å². The summed E-state index contributed by atoms with van der Waals surface area (Å²) in [6.45, 7) is 2.52. The second-order valence-electron chi connectivity index (χ2n) is 6.10. The molecular formula is C20H23ClO6S. The highest BCUT2D eigenvalue weighted by molar-refractivity contribution is 7.86. The van der Waals surface area contributed by atoms with E-state index in [1.54, 1.807) is 19.1 Å². The van der Waals surface area contributed by atoms with Gasteiger partial charge >= 0.3 is 16.1 Å². The van der Waals surface area contributed by atoms with Crippen LogP contribution in [0.5, 0.6) is 11.5 Å². The molecule has 1 unspecified atom stereocenters. The molecule has 28 heavy (non-hydrogen) atoms. The molecule has 6 nitrogen and oxygen atoms in total. The van der Waals surface area contributed by atoms with Gasteiger partial charge in [0.15, 0.2) is 0 Å². The fraction of sp³-hybridized carbons (Fsp3) is 0.350. The summed E-state index contributed by atoms with van der Waals surface area (Å²) in [5, 5.41) is -0.691. The molecule has 2 rings (SSSR count). The van der Waals surface area contributed by atoms with Gasteiger partial charge in [0.05, 0.1) is 19.5 Å². The molecule has 8 heteroatoms. The Morgan fingerprint density at radius 1 is 1.00 bits per heavy atom. The minimum Gasteiger partial charge on any atom is -0.493 e. The third-order valence-electron chi connectivity index (χ3n) is 3.71. The van der Waals surface area contributed by atoms with Crippen molar-refractivity contribution in [1.82, 2.24) is 0 Å². The summed E-state index contributed by atoms with van der Waals surface area (Å²) in [7, 11) is -3.54. The van der Waals surface area contributed by atoms with E-state index in [9.17, 15) is 13.2 Å². The maximum Gasteiger partial charge on any atom is 0.324 e. The van der Waals surface area contributed by atoms with E-state index < -0.39 is 21.5 Å². The molecule has 2 aromatic carbocycles. The standard InChI is InChI=1S/C20H23ClO6S/c1-3-25-20(22)19(21)14-16-6-4-15(5-7-16)12-13-26-17-8-10-18(11-9-17)27-28(2,23)24/h4-11,19H,3,12-14H2,1-2H3. The second-order valence-corrected chi connectivity index (χ2v) is 8.20. The van der Waals surface area contributed by atoms with Crippen molar-refractivity contribution in [2.45, 2.75) is 25.1 Å². The predicted octanol–water partition coefficient (Wildman–Crippen LogP) is 3.36. The summed E-state index contributed by atoms with van der Waals surface area (Å²) < 4.78 is 37.5. The van der Waals surface area contributed by atoms with E-state index in [1.807, 2.05) is 24.3 Å². The highest BCUT2D eigenvalue weighted by Gasteiger charge is 2.16. The number of benzene rings is 2. The average molecular weight is 427 g/mol. The average Bonchev–Trinajstić information content (AvgIpc) is 2.63. The summed E-state index contributed by atoms with van der Waals surface area (Å²) in [6.07, 6.45) is 2.11. The molecule has 0 spiro atoms. The molecule has 0 aliphatic heterocycles. The van der Waals surface area contributed by atoms with Crippen molar-refractivity contribution in [3.63, 3.8) is 0 Å². The Morgan fingerprint density at radius 2 is 1.57 bits per heavy atom. The van der Waals surface area contributed by atoms with Crippen molar-refractivity contribution < 1.29 is 26.9 Å². The second kappa shape index (κ2) is 10.3. The number of carbonyl (C=O) groups is 1. The summed E-state index contributed by atoms with van der Waals surface area (Å²) >= 11 is 6.05. The molecule has 2 aromatic rings. The first-order valence-corrected chi connectivity index (χ1v) is 11.0. The Kier molecular flexibility index (Phi) is 8.14. The van der Waals surface area contributed by atoms with Crippen LogP contribution >= 0.6 is 11.6 Å². The Hall–Kier alpha value is -2.25. The lowest BCUT2D eigenvalue weighted by Gasteiger charge is -2.10. The molecule has 0 aliphatic carbocycles. The molecule has 1 atom stereocenters. The van der Waals surface area contributed by atoms with Crippen molar-refractivity contribution in [2.24, 2.45) is 0 Å². The molecule has 0 saturated heterocycles. The highest BCUT2D eigenvalue weighted by Crippen LogP contribution is 2.19. The summed E-state index contributed by atoms with van der Waals surface area (Å²) in [6, 6.07) is 14.2. The number of halogens is 1. The maximum atomic E-state index is 11.6. The van der Waals surface area contributed by atoms with Gasteiger partial charge in [0, 0.05) is 6.42 Å². The molecule has 0 fully saturated rings. The monoisotopic (exact) mass is 426 g/mol. The number of esters is 1. The lowest BCUT2D eigenvalue weighted by atomic mass is 10.1. The molecule has 0 N–H and O–H groups in total. The van der Waals surface area contributed by atoms with Crippen LogP contribution in [0.2, 0.25) is 0 Å². The zero-order chi connectivity index (χ0) is 20.6. The van der Waals surface area contributed by atoms with E-state index >= 15 is 0 Å². The van der Waals surface area contributed by atoms with E-state index in [0.717, 1.165) is 17.4 Å². The molecule has 0 saturated carbocycles. The van der Waals surface area contributed by atoms with E-state index in [2.05, 4.69) is 0 Å². The Labute approximate surface area is 170 Å². The van der Waals surface area contributed by atoms with Gasteiger partial charge in [-0.25, -0.2) is 0 Å². The number of alkyl halides is 1. The van der Waals surface area contributed by atoms with Crippen LogP contribution in [0.25, 0.3) is 0 Å². The van der Waals surface area contributed by atoms with Gasteiger partial charge in [-0.15, -0.1) is 11.6 Å². The van der Waals surface area contributed by atoms with E-state index in [1.165, 1.54) is 12.1 Å². The summed E-state index contributed by atoms with van der Waals surface area (Å²) in [5.41, 5.74) is 2.04. The predicted molar refractivity (Wildman–Crippen MR) is 108 cm³/mol. The van der Waals surface area contributed by atoms with Crippen LogP contribution < -0.4 is 8.92 Å². The number of hydrogen-bond acceptors (Lipinski definition) is 6. The molecule has 152 valence electrons. The van der Waals surface area contributed by atoms with Crippen LogP contribution in [-0.4, -0.2) is 39.2 Å². The Balaban J connectivity index is 1.79. The normalized spacial score (nSPS) is 12.2. The quantitative estimate of drug-likeness (QED) is 0.329. The van der Waals surface area contributed by atoms with E-state index in [4.69, 9.17) is 25.3 Å². The Bertz CT molecular complexity index is 863. The molecule has 0 amide bonds. The lowest BCUT2D eigenvalue weighted by molar-refractivity contribution is -0.142. The summed E-state index contributed by atoms with van der Waals surface area (Å²) in [5.74, 6) is 0.456. The number of rotatable bonds is 10. The fourth-order valence-corrected chi connectivity index (χ4v) is 3.12. The van der Waals surface area contributed by atoms with Gasteiger partial charge < -0.3 is 13.7 Å². The summed E-state index contributed by atoms with van der Waals surface area (Å²) in [4.78, 5) is 11.6. The van der Waals surface area contributed by atoms with Gasteiger partial charge in [0.2, 0.25) is 0 Å². The lowest BCUT2D eigenvalue weighted by Crippen LogP contribution is -2.20. The van der Waals surface area contributed by atoms with Gasteiger partial charge in [-0.2, -0.15) is 8.42 Å².